The van der Waals surface area contributed by atoms with Gasteiger partial charge >= 0.3 is 0 Å². The summed E-state index contributed by atoms with van der Waals surface area (Å²) in [5.74, 6) is 0.505. The number of halogens is 3. The van der Waals surface area contributed by atoms with Crippen molar-refractivity contribution in [2.24, 2.45) is 5.92 Å². The summed E-state index contributed by atoms with van der Waals surface area (Å²) in [5.41, 5.74) is 0.673. The van der Waals surface area contributed by atoms with Crippen molar-refractivity contribution in [2.75, 3.05) is 11.9 Å². The molecule has 0 saturated heterocycles. The number of rotatable bonds is 6. The molecule has 0 aliphatic rings. The van der Waals surface area contributed by atoms with E-state index in [-0.39, 0.29) is 5.91 Å². The minimum atomic E-state index is -0.0256. The first kappa shape index (κ1) is 16.2. The number of hydrogen-bond donors (Lipinski definition) is 1. The van der Waals surface area contributed by atoms with Crippen molar-refractivity contribution in [1.29, 1.82) is 0 Å². The van der Waals surface area contributed by atoms with Gasteiger partial charge in [0.2, 0.25) is 0 Å². The average molecular weight is 442 g/mol. The second-order valence-electron chi connectivity index (χ2n) is 4.09. The molecule has 0 aliphatic heterocycles. The minimum Gasteiger partial charge on any atom is -0.352 e. The lowest BCUT2D eigenvalue weighted by Gasteiger charge is -2.14. The summed E-state index contributed by atoms with van der Waals surface area (Å²) in [4.78, 5) is 12.0. The number of carbonyl (C=O) groups excluding carboxylic acids is 1. The molecule has 0 aliphatic carbocycles. The van der Waals surface area contributed by atoms with Crippen LogP contribution in [0.15, 0.2) is 27.1 Å². The summed E-state index contributed by atoms with van der Waals surface area (Å²) in [5, 5.41) is 3.97. The molecule has 2 nitrogen and oxygen atoms in total. The normalized spacial score (nSPS) is 12.2. The molecule has 1 atom stereocenters. The van der Waals surface area contributed by atoms with Crippen molar-refractivity contribution in [2.45, 2.75) is 19.8 Å². The molecule has 1 aromatic carbocycles. The lowest BCUT2D eigenvalue weighted by atomic mass is 10.0. The Bertz CT molecular complexity index is 409. The predicted octanol–water partition coefficient (Wildman–Crippen LogP) is 4.75. The molecule has 1 N–H and O–H groups in total. The Labute approximate surface area is 133 Å². The van der Waals surface area contributed by atoms with Crippen molar-refractivity contribution in [3.8, 4) is 0 Å². The second kappa shape index (κ2) is 8.33. The Balaban J connectivity index is 2.59. The molecule has 1 rings (SSSR count). The third kappa shape index (κ3) is 5.02. The standard InChI is InChI=1S/C13H16Br3NO/c1-2-9(5-6-14)8-17-13(18)11-4-3-10(15)7-12(11)16/h3-4,7,9H,2,5-6,8H2,1H3,(H,17,18). The number of amides is 1. The van der Waals surface area contributed by atoms with Gasteiger partial charge in [0, 0.05) is 20.8 Å². The lowest BCUT2D eigenvalue weighted by molar-refractivity contribution is 0.0945. The van der Waals surface area contributed by atoms with Gasteiger partial charge < -0.3 is 5.32 Å². The zero-order valence-corrected chi connectivity index (χ0v) is 14.9. The van der Waals surface area contributed by atoms with Crippen LogP contribution in [0.2, 0.25) is 0 Å². The van der Waals surface area contributed by atoms with Gasteiger partial charge in [0.25, 0.3) is 5.91 Å². The van der Waals surface area contributed by atoms with Gasteiger partial charge in [-0.15, -0.1) is 0 Å². The van der Waals surface area contributed by atoms with Crippen molar-refractivity contribution in [1.82, 2.24) is 5.32 Å². The van der Waals surface area contributed by atoms with Gasteiger partial charge in [-0.3, -0.25) is 4.79 Å². The van der Waals surface area contributed by atoms with Crippen LogP contribution in [-0.4, -0.2) is 17.8 Å². The van der Waals surface area contributed by atoms with Gasteiger partial charge in [-0.1, -0.05) is 45.2 Å². The van der Waals surface area contributed by atoms with Gasteiger partial charge in [-0.2, -0.15) is 0 Å². The summed E-state index contributed by atoms with van der Waals surface area (Å²) in [7, 11) is 0. The zero-order valence-electron chi connectivity index (χ0n) is 10.2. The fourth-order valence-corrected chi connectivity index (χ4v) is 3.49. The fourth-order valence-electron chi connectivity index (χ4n) is 1.61. The largest absolute Gasteiger partial charge is 0.352 e. The molecule has 0 heterocycles. The van der Waals surface area contributed by atoms with Crippen LogP contribution in [0.4, 0.5) is 0 Å². The van der Waals surface area contributed by atoms with Crippen LogP contribution >= 0.6 is 47.8 Å². The Morgan fingerprint density at radius 2 is 2.11 bits per heavy atom. The number of hydrogen-bond acceptors (Lipinski definition) is 1. The first-order valence-corrected chi connectivity index (χ1v) is 8.58. The molecule has 0 spiro atoms. The Morgan fingerprint density at radius 1 is 1.39 bits per heavy atom. The van der Waals surface area contributed by atoms with Gasteiger partial charge in [-0.25, -0.2) is 0 Å². The molecular weight excluding hydrogens is 426 g/mol. The molecule has 18 heavy (non-hydrogen) atoms. The SMILES string of the molecule is CCC(CCBr)CNC(=O)c1ccc(Br)cc1Br. The molecule has 0 fully saturated rings. The zero-order chi connectivity index (χ0) is 13.5. The van der Waals surface area contributed by atoms with E-state index in [0.29, 0.717) is 11.5 Å². The molecule has 1 unspecified atom stereocenters. The van der Waals surface area contributed by atoms with E-state index in [1.165, 1.54) is 0 Å². The van der Waals surface area contributed by atoms with Crippen LogP contribution in [0.25, 0.3) is 0 Å². The maximum absolute atomic E-state index is 12.0. The third-order valence-electron chi connectivity index (χ3n) is 2.82. The van der Waals surface area contributed by atoms with E-state index >= 15 is 0 Å². The van der Waals surface area contributed by atoms with Gasteiger partial charge in [0.1, 0.15) is 0 Å². The number of alkyl halides is 1. The quantitative estimate of drug-likeness (QED) is 0.634. The molecule has 1 aromatic rings. The summed E-state index contributed by atoms with van der Waals surface area (Å²) in [6.07, 6.45) is 2.16. The Kier molecular flexibility index (Phi) is 7.49. The van der Waals surface area contributed by atoms with E-state index in [2.05, 4.69) is 60.0 Å². The number of benzene rings is 1. The average Bonchev–Trinajstić information content (AvgIpc) is 2.34. The Morgan fingerprint density at radius 3 is 2.67 bits per heavy atom. The maximum atomic E-state index is 12.0. The third-order valence-corrected chi connectivity index (χ3v) is 4.43. The van der Waals surface area contributed by atoms with E-state index in [1.54, 1.807) is 0 Å². The van der Waals surface area contributed by atoms with Crippen molar-refractivity contribution in [3.63, 3.8) is 0 Å². The molecule has 0 aromatic heterocycles. The van der Waals surface area contributed by atoms with Gasteiger partial charge in [-0.05, 0) is 46.5 Å². The summed E-state index contributed by atoms with van der Waals surface area (Å²) in [6.45, 7) is 2.87. The van der Waals surface area contributed by atoms with E-state index < -0.39 is 0 Å². The summed E-state index contributed by atoms with van der Waals surface area (Å²) >= 11 is 10.2. The smallest absolute Gasteiger partial charge is 0.252 e. The van der Waals surface area contributed by atoms with Crippen LogP contribution in [0.1, 0.15) is 30.1 Å². The van der Waals surface area contributed by atoms with Crippen LogP contribution in [-0.2, 0) is 0 Å². The minimum absolute atomic E-state index is 0.0256. The van der Waals surface area contributed by atoms with E-state index in [4.69, 9.17) is 0 Å². The van der Waals surface area contributed by atoms with Gasteiger partial charge in [0.05, 0.1) is 5.56 Å². The Hall–Kier alpha value is 0.130. The number of carbonyl (C=O) groups is 1. The molecule has 0 radical (unpaired) electrons. The lowest BCUT2D eigenvalue weighted by Crippen LogP contribution is -2.29. The van der Waals surface area contributed by atoms with Gasteiger partial charge in [0.15, 0.2) is 0 Å². The highest BCUT2D eigenvalue weighted by molar-refractivity contribution is 9.11. The van der Waals surface area contributed by atoms with Crippen LogP contribution in [0.5, 0.6) is 0 Å². The highest BCUT2D eigenvalue weighted by atomic mass is 79.9. The van der Waals surface area contributed by atoms with Crippen LogP contribution in [0, 0.1) is 5.92 Å². The van der Waals surface area contributed by atoms with Crippen molar-refractivity contribution in [3.05, 3.63) is 32.7 Å². The summed E-state index contributed by atoms with van der Waals surface area (Å²) in [6, 6.07) is 5.56. The molecule has 0 bridgehead atoms. The van der Waals surface area contributed by atoms with Crippen molar-refractivity contribution >= 4 is 53.7 Å². The van der Waals surface area contributed by atoms with E-state index in [0.717, 1.165) is 33.7 Å². The topological polar surface area (TPSA) is 29.1 Å². The predicted molar refractivity (Wildman–Crippen MR) is 86.4 cm³/mol. The van der Waals surface area contributed by atoms with Crippen LogP contribution in [0.3, 0.4) is 0 Å². The molecule has 0 saturated carbocycles. The van der Waals surface area contributed by atoms with E-state index in [9.17, 15) is 4.79 Å². The van der Waals surface area contributed by atoms with Crippen LogP contribution < -0.4 is 5.32 Å². The highest BCUT2D eigenvalue weighted by Crippen LogP contribution is 2.22. The van der Waals surface area contributed by atoms with Crippen molar-refractivity contribution < 1.29 is 4.79 Å². The highest BCUT2D eigenvalue weighted by Gasteiger charge is 2.12. The second-order valence-corrected chi connectivity index (χ2v) is 6.65. The number of nitrogens with one attached hydrogen (secondary N) is 1. The first-order valence-electron chi connectivity index (χ1n) is 5.87. The fraction of sp³-hybridized carbons (Fsp3) is 0.462. The maximum Gasteiger partial charge on any atom is 0.252 e. The molecule has 100 valence electrons. The molecular formula is C13H16Br3NO. The molecule has 1 amide bonds. The van der Waals surface area contributed by atoms with E-state index in [1.807, 2.05) is 18.2 Å². The monoisotopic (exact) mass is 439 g/mol. The molecule has 5 heteroatoms. The summed E-state index contributed by atoms with van der Waals surface area (Å²) < 4.78 is 1.76. The first-order chi connectivity index (χ1) is 8.58.